The molecule has 0 aromatic heterocycles. The number of hydrogen-bond acceptors (Lipinski definition) is 2. The number of rotatable bonds is 7. The van der Waals surface area contributed by atoms with E-state index in [1.165, 1.54) is 6.07 Å². The molecule has 0 radical (unpaired) electrons. The van der Waals surface area contributed by atoms with Crippen LogP contribution in [0.5, 0.6) is 0 Å². The molecule has 0 saturated heterocycles. The Hall–Kier alpha value is -1.58. The summed E-state index contributed by atoms with van der Waals surface area (Å²) in [4.78, 5) is 12.2. The van der Waals surface area contributed by atoms with Gasteiger partial charge in [0, 0.05) is 13.1 Å². The van der Waals surface area contributed by atoms with E-state index >= 15 is 0 Å². The van der Waals surface area contributed by atoms with E-state index in [0.717, 1.165) is 19.3 Å². The monoisotopic (exact) mass is 280 g/mol. The Morgan fingerprint density at radius 3 is 2.55 bits per heavy atom. The van der Waals surface area contributed by atoms with Crippen LogP contribution in [0, 0.1) is 11.7 Å². The Labute approximate surface area is 121 Å². The minimum atomic E-state index is -0.410. The minimum Gasteiger partial charge on any atom is -0.385 e. The average Bonchev–Trinajstić information content (AvgIpc) is 2.37. The molecule has 20 heavy (non-hydrogen) atoms. The highest BCUT2D eigenvalue weighted by Gasteiger charge is 2.15. The van der Waals surface area contributed by atoms with Gasteiger partial charge in [-0.2, -0.15) is 0 Å². The van der Waals surface area contributed by atoms with Gasteiger partial charge in [-0.05, 0) is 31.4 Å². The normalized spacial score (nSPS) is 12.3. The number of para-hydroxylation sites is 1. The predicted molar refractivity (Wildman–Crippen MR) is 81.6 cm³/mol. The lowest BCUT2D eigenvalue weighted by Crippen LogP contribution is -2.33. The first-order chi connectivity index (χ1) is 9.45. The van der Waals surface area contributed by atoms with E-state index in [0.29, 0.717) is 11.5 Å². The van der Waals surface area contributed by atoms with Crippen LogP contribution in [0.15, 0.2) is 18.2 Å². The third kappa shape index (κ3) is 4.83. The van der Waals surface area contributed by atoms with Crippen molar-refractivity contribution in [2.45, 2.75) is 46.1 Å². The van der Waals surface area contributed by atoms with Gasteiger partial charge in [0.1, 0.15) is 5.82 Å². The molecule has 1 rings (SSSR count). The zero-order valence-electron chi connectivity index (χ0n) is 12.8. The van der Waals surface area contributed by atoms with Gasteiger partial charge in [0.05, 0.1) is 11.3 Å². The van der Waals surface area contributed by atoms with Gasteiger partial charge in [-0.1, -0.05) is 32.8 Å². The van der Waals surface area contributed by atoms with E-state index in [1.807, 2.05) is 6.92 Å². The fourth-order valence-electron chi connectivity index (χ4n) is 2.17. The molecule has 2 N–H and O–H groups in total. The van der Waals surface area contributed by atoms with Crippen molar-refractivity contribution in [2.75, 3.05) is 12.4 Å². The molecule has 0 aliphatic rings. The molecule has 1 aromatic carbocycles. The maximum Gasteiger partial charge on any atom is 0.253 e. The summed E-state index contributed by atoms with van der Waals surface area (Å²) in [5.41, 5.74) is 0.600. The molecule has 0 fully saturated rings. The van der Waals surface area contributed by atoms with Crippen molar-refractivity contribution in [1.29, 1.82) is 0 Å². The molecule has 1 amide bonds. The molecule has 0 saturated carbocycles. The van der Waals surface area contributed by atoms with Crippen molar-refractivity contribution in [3.8, 4) is 0 Å². The van der Waals surface area contributed by atoms with E-state index in [4.69, 9.17) is 0 Å². The van der Waals surface area contributed by atoms with Gasteiger partial charge in [0.25, 0.3) is 5.91 Å². The van der Waals surface area contributed by atoms with E-state index in [9.17, 15) is 9.18 Å². The summed E-state index contributed by atoms with van der Waals surface area (Å²) < 4.78 is 13.6. The molecule has 1 unspecified atom stereocenters. The molecule has 0 heterocycles. The molecule has 1 atom stereocenters. The lowest BCUT2D eigenvalue weighted by atomic mass is 10.0. The fourth-order valence-corrected chi connectivity index (χ4v) is 2.17. The highest BCUT2D eigenvalue weighted by atomic mass is 19.1. The van der Waals surface area contributed by atoms with E-state index in [2.05, 4.69) is 24.5 Å². The Morgan fingerprint density at radius 1 is 1.25 bits per heavy atom. The summed E-state index contributed by atoms with van der Waals surface area (Å²) in [6.45, 7) is 6.36. The smallest absolute Gasteiger partial charge is 0.253 e. The lowest BCUT2D eigenvalue weighted by molar-refractivity contribution is 0.0938. The Balaban J connectivity index is 2.60. The van der Waals surface area contributed by atoms with Gasteiger partial charge in [-0.15, -0.1) is 0 Å². The third-order valence-corrected chi connectivity index (χ3v) is 3.30. The first-order valence-corrected chi connectivity index (χ1v) is 7.22. The molecule has 0 spiro atoms. The van der Waals surface area contributed by atoms with Gasteiger partial charge in [0.2, 0.25) is 0 Å². The van der Waals surface area contributed by atoms with Crippen LogP contribution in [-0.2, 0) is 0 Å². The van der Waals surface area contributed by atoms with Gasteiger partial charge in [-0.3, -0.25) is 4.79 Å². The standard InChI is InChI=1S/C16H25FN2O/c1-11(2)7-5-8-12(3)19-16(20)13-9-6-10-14(17)15(13)18-4/h6,9-12,18H,5,7-8H2,1-4H3,(H,19,20). The molecule has 4 heteroatoms. The second-order valence-electron chi connectivity index (χ2n) is 5.61. The Kier molecular flexibility index (Phi) is 6.49. The van der Waals surface area contributed by atoms with Crippen molar-refractivity contribution >= 4 is 11.6 Å². The first-order valence-electron chi connectivity index (χ1n) is 7.22. The summed E-state index contributed by atoms with van der Waals surface area (Å²) in [7, 11) is 1.61. The van der Waals surface area contributed by atoms with Crippen LogP contribution in [0.3, 0.4) is 0 Å². The summed E-state index contributed by atoms with van der Waals surface area (Å²) in [5, 5.41) is 5.67. The Bertz CT molecular complexity index is 446. The highest BCUT2D eigenvalue weighted by molar-refractivity contribution is 5.99. The SMILES string of the molecule is CNc1c(F)cccc1C(=O)NC(C)CCCC(C)C. The van der Waals surface area contributed by atoms with Gasteiger partial charge in [0.15, 0.2) is 0 Å². The number of halogens is 1. The van der Waals surface area contributed by atoms with Crippen molar-refractivity contribution in [3.05, 3.63) is 29.6 Å². The summed E-state index contributed by atoms with van der Waals surface area (Å²) in [6, 6.07) is 4.61. The fraction of sp³-hybridized carbons (Fsp3) is 0.562. The first kappa shape index (κ1) is 16.5. The second-order valence-corrected chi connectivity index (χ2v) is 5.61. The van der Waals surface area contributed by atoms with Crippen LogP contribution in [0.1, 0.15) is 50.4 Å². The summed E-state index contributed by atoms with van der Waals surface area (Å²) in [6.07, 6.45) is 3.18. The van der Waals surface area contributed by atoms with Gasteiger partial charge in [-0.25, -0.2) is 4.39 Å². The number of anilines is 1. The van der Waals surface area contributed by atoms with Crippen LogP contribution in [-0.4, -0.2) is 19.0 Å². The highest BCUT2D eigenvalue weighted by Crippen LogP contribution is 2.19. The second kappa shape index (κ2) is 7.88. The van der Waals surface area contributed by atoms with Crippen LogP contribution >= 0.6 is 0 Å². The molecule has 0 aliphatic heterocycles. The Morgan fingerprint density at radius 2 is 1.95 bits per heavy atom. The molecule has 1 aromatic rings. The maximum atomic E-state index is 13.6. The van der Waals surface area contributed by atoms with Crippen LogP contribution < -0.4 is 10.6 Å². The van der Waals surface area contributed by atoms with Crippen LogP contribution in [0.2, 0.25) is 0 Å². The number of hydrogen-bond donors (Lipinski definition) is 2. The maximum absolute atomic E-state index is 13.6. The number of nitrogens with one attached hydrogen (secondary N) is 2. The summed E-state index contributed by atoms with van der Waals surface area (Å²) >= 11 is 0. The van der Waals surface area contributed by atoms with Crippen LogP contribution in [0.4, 0.5) is 10.1 Å². The number of carbonyl (C=O) groups is 1. The van der Waals surface area contributed by atoms with Crippen molar-refractivity contribution in [1.82, 2.24) is 5.32 Å². The average molecular weight is 280 g/mol. The largest absolute Gasteiger partial charge is 0.385 e. The number of benzene rings is 1. The third-order valence-electron chi connectivity index (χ3n) is 3.30. The molecule has 0 aliphatic carbocycles. The van der Waals surface area contributed by atoms with Crippen LogP contribution in [0.25, 0.3) is 0 Å². The molecular weight excluding hydrogens is 255 g/mol. The lowest BCUT2D eigenvalue weighted by Gasteiger charge is -2.16. The number of carbonyl (C=O) groups excluding carboxylic acids is 1. The molecule has 3 nitrogen and oxygen atoms in total. The molecular formula is C16H25FN2O. The zero-order valence-corrected chi connectivity index (χ0v) is 12.8. The van der Waals surface area contributed by atoms with E-state index < -0.39 is 5.82 Å². The summed E-state index contributed by atoms with van der Waals surface area (Å²) in [5.74, 6) is 0.0375. The van der Waals surface area contributed by atoms with Crippen molar-refractivity contribution in [2.24, 2.45) is 5.92 Å². The quantitative estimate of drug-likeness (QED) is 0.797. The molecule has 112 valence electrons. The van der Waals surface area contributed by atoms with E-state index in [-0.39, 0.29) is 17.6 Å². The predicted octanol–water partition coefficient (Wildman–Crippen LogP) is 3.81. The van der Waals surface area contributed by atoms with Crippen molar-refractivity contribution in [3.63, 3.8) is 0 Å². The minimum absolute atomic E-state index is 0.0919. The van der Waals surface area contributed by atoms with Crippen molar-refractivity contribution < 1.29 is 9.18 Å². The van der Waals surface area contributed by atoms with E-state index in [1.54, 1.807) is 19.2 Å². The topological polar surface area (TPSA) is 41.1 Å². The van der Waals surface area contributed by atoms with Gasteiger partial charge < -0.3 is 10.6 Å². The number of amides is 1. The van der Waals surface area contributed by atoms with Gasteiger partial charge >= 0.3 is 0 Å². The molecule has 0 bridgehead atoms. The zero-order chi connectivity index (χ0) is 15.1.